The molecule has 0 saturated carbocycles. The normalized spacial score (nSPS) is 14.8. The average Bonchev–Trinajstić information content (AvgIpc) is 2.96. The topological polar surface area (TPSA) is 65.0 Å². The largest absolute Gasteiger partial charge is 0.423 e. The third kappa shape index (κ3) is 3.90. The quantitative estimate of drug-likeness (QED) is 0.488. The molecule has 2 aromatic carbocycles. The van der Waals surface area contributed by atoms with Gasteiger partial charge in [-0.1, -0.05) is 36.9 Å². The number of hydrogen-bond donors (Lipinski definition) is 0. The summed E-state index contributed by atoms with van der Waals surface area (Å²) < 4.78 is 10.4. The minimum atomic E-state index is -0.525. The van der Waals surface area contributed by atoms with Gasteiger partial charge in [0, 0.05) is 11.1 Å². The lowest BCUT2D eigenvalue weighted by Crippen LogP contribution is -2.08. The van der Waals surface area contributed by atoms with Gasteiger partial charge in [-0.25, -0.2) is 14.6 Å². The lowest BCUT2D eigenvalue weighted by Gasteiger charge is -2.04. The monoisotopic (exact) mass is 333 g/mol. The number of nitrogens with zero attached hydrogens (tertiary/aromatic N) is 1. The van der Waals surface area contributed by atoms with Crippen LogP contribution in [0.4, 0.5) is 0 Å². The fraction of sp³-hybridized carbons (Fsp3) is 0.0500. The van der Waals surface area contributed by atoms with E-state index in [0.29, 0.717) is 16.9 Å². The molecular formula is C20H15NO4. The number of carbonyl (C=O) groups excluding carboxylic acids is 2. The van der Waals surface area contributed by atoms with Gasteiger partial charge in [-0.15, -0.1) is 0 Å². The van der Waals surface area contributed by atoms with Crippen molar-refractivity contribution in [1.82, 2.24) is 0 Å². The zero-order valence-electron chi connectivity index (χ0n) is 13.6. The SMILES string of the molecule is C=C(C)C(=O)Oc1cccc(/C=C2\N=C(c3ccccc3)OC2=O)c1. The van der Waals surface area contributed by atoms with Crippen molar-refractivity contribution in [3.8, 4) is 5.75 Å². The number of esters is 2. The van der Waals surface area contributed by atoms with Gasteiger partial charge in [0.05, 0.1) is 0 Å². The van der Waals surface area contributed by atoms with Gasteiger partial charge in [0.1, 0.15) is 5.75 Å². The minimum Gasteiger partial charge on any atom is -0.423 e. The summed E-state index contributed by atoms with van der Waals surface area (Å²) in [6.07, 6.45) is 1.58. The predicted molar refractivity (Wildman–Crippen MR) is 93.9 cm³/mol. The van der Waals surface area contributed by atoms with Crippen molar-refractivity contribution in [2.75, 3.05) is 0 Å². The van der Waals surface area contributed by atoms with Crippen LogP contribution in [0.3, 0.4) is 0 Å². The summed E-state index contributed by atoms with van der Waals surface area (Å²) in [5.41, 5.74) is 1.88. The Labute approximate surface area is 144 Å². The Morgan fingerprint density at radius 3 is 2.64 bits per heavy atom. The van der Waals surface area contributed by atoms with Gasteiger partial charge in [0.15, 0.2) is 5.70 Å². The molecule has 0 saturated heterocycles. The van der Waals surface area contributed by atoms with Crippen LogP contribution in [0.2, 0.25) is 0 Å². The van der Waals surface area contributed by atoms with Crippen LogP contribution < -0.4 is 4.74 Å². The standard InChI is InChI=1S/C20H15NO4/c1-13(2)19(22)24-16-10-6-7-14(11-16)12-17-20(23)25-18(21-17)15-8-4-3-5-9-15/h3-12H,1H2,2H3/b17-12-. The van der Waals surface area contributed by atoms with Crippen LogP contribution >= 0.6 is 0 Å². The number of cyclic esters (lactones) is 1. The summed E-state index contributed by atoms with van der Waals surface area (Å²) in [5, 5.41) is 0. The molecule has 0 radical (unpaired) electrons. The molecule has 2 aromatic rings. The van der Waals surface area contributed by atoms with E-state index in [2.05, 4.69) is 11.6 Å². The van der Waals surface area contributed by atoms with Crippen molar-refractivity contribution < 1.29 is 19.1 Å². The van der Waals surface area contributed by atoms with Gasteiger partial charge in [-0.3, -0.25) is 0 Å². The molecule has 0 atom stereocenters. The van der Waals surface area contributed by atoms with Crippen molar-refractivity contribution >= 4 is 23.9 Å². The summed E-state index contributed by atoms with van der Waals surface area (Å²) in [6, 6.07) is 15.9. The van der Waals surface area contributed by atoms with Gasteiger partial charge >= 0.3 is 11.9 Å². The van der Waals surface area contributed by atoms with Crippen LogP contribution in [0.15, 0.2) is 77.4 Å². The first-order valence-corrected chi connectivity index (χ1v) is 7.58. The predicted octanol–water partition coefficient (Wildman–Crippen LogP) is 3.51. The Hall–Kier alpha value is -3.47. The molecule has 0 fully saturated rings. The Balaban J connectivity index is 1.85. The smallest absolute Gasteiger partial charge is 0.363 e. The molecular weight excluding hydrogens is 318 g/mol. The maximum Gasteiger partial charge on any atom is 0.363 e. The van der Waals surface area contributed by atoms with E-state index in [1.165, 1.54) is 0 Å². The molecule has 0 spiro atoms. The third-order valence-electron chi connectivity index (χ3n) is 3.36. The Morgan fingerprint density at radius 1 is 1.16 bits per heavy atom. The molecule has 0 N–H and O–H groups in total. The maximum atomic E-state index is 12.0. The van der Waals surface area contributed by atoms with Crippen LogP contribution in [-0.2, 0) is 14.3 Å². The molecule has 0 bridgehead atoms. The second-order valence-corrected chi connectivity index (χ2v) is 5.44. The van der Waals surface area contributed by atoms with Crippen molar-refractivity contribution in [2.45, 2.75) is 6.92 Å². The highest BCUT2D eigenvalue weighted by molar-refractivity contribution is 6.12. The molecule has 5 nitrogen and oxygen atoms in total. The Kier molecular flexibility index (Phi) is 4.57. The molecule has 0 unspecified atom stereocenters. The first-order chi connectivity index (χ1) is 12.0. The maximum absolute atomic E-state index is 12.0. The van der Waals surface area contributed by atoms with Crippen LogP contribution in [0.25, 0.3) is 6.08 Å². The molecule has 0 amide bonds. The fourth-order valence-electron chi connectivity index (χ4n) is 2.13. The zero-order valence-corrected chi connectivity index (χ0v) is 13.6. The summed E-state index contributed by atoms with van der Waals surface area (Å²) in [6.45, 7) is 5.11. The van der Waals surface area contributed by atoms with E-state index in [0.717, 1.165) is 5.56 Å². The van der Waals surface area contributed by atoms with Crippen LogP contribution in [0, 0.1) is 0 Å². The van der Waals surface area contributed by atoms with Crippen molar-refractivity contribution in [3.05, 3.63) is 83.6 Å². The first kappa shape index (κ1) is 16.4. The summed E-state index contributed by atoms with van der Waals surface area (Å²) in [5.74, 6) is -0.402. The van der Waals surface area contributed by atoms with E-state index >= 15 is 0 Å². The van der Waals surface area contributed by atoms with Crippen molar-refractivity contribution in [2.24, 2.45) is 4.99 Å². The molecule has 3 rings (SSSR count). The zero-order chi connectivity index (χ0) is 17.8. The van der Waals surface area contributed by atoms with E-state index in [9.17, 15) is 9.59 Å². The lowest BCUT2D eigenvalue weighted by molar-refractivity contribution is -0.130. The first-order valence-electron chi connectivity index (χ1n) is 7.58. The van der Waals surface area contributed by atoms with E-state index in [1.54, 1.807) is 37.3 Å². The van der Waals surface area contributed by atoms with Gasteiger partial charge in [0.2, 0.25) is 5.90 Å². The van der Waals surface area contributed by atoms with E-state index in [4.69, 9.17) is 9.47 Å². The number of aliphatic imine (C=N–C) groups is 1. The molecule has 1 heterocycles. The number of rotatable bonds is 4. The minimum absolute atomic E-state index is 0.183. The molecule has 5 heteroatoms. The number of ether oxygens (including phenoxy) is 2. The molecule has 1 aliphatic heterocycles. The highest BCUT2D eigenvalue weighted by Crippen LogP contribution is 2.21. The van der Waals surface area contributed by atoms with E-state index in [-0.39, 0.29) is 11.6 Å². The Bertz CT molecular complexity index is 910. The van der Waals surface area contributed by atoms with Crippen molar-refractivity contribution in [1.29, 1.82) is 0 Å². The summed E-state index contributed by atoms with van der Waals surface area (Å²) in [4.78, 5) is 27.8. The lowest BCUT2D eigenvalue weighted by atomic mass is 10.2. The Morgan fingerprint density at radius 2 is 1.92 bits per heavy atom. The summed E-state index contributed by atoms with van der Waals surface area (Å²) >= 11 is 0. The van der Waals surface area contributed by atoms with Gasteiger partial charge in [0.25, 0.3) is 0 Å². The highest BCUT2D eigenvalue weighted by atomic mass is 16.6. The molecule has 25 heavy (non-hydrogen) atoms. The molecule has 1 aliphatic rings. The summed E-state index contributed by atoms with van der Waals surface area (Å²) in [7, 11) is 0. The van der Waals surface area contributed by atoms with Crippen LogP contribution in [0.5, 0.6) is 5.75 Å². The number of benzene rings is 2. The van der Waals surface area contributed by atoms with Gasteiger partial charge in [-0.2, -0.15) is 0 Å². The molecule has 124 valence electrons. The molecule has 0 aromatic heterocycles. The second-order valence-electron chi connectivity index (χ2n) is 5.44. The second kappa shape index (κ2) is 6.97. The van der Waals surface area contributed by atoms with Crippen molar-refractivity contribution in [3.63, 3.8) is 0 Å². The number of carbonyl (C=O) groups is 2. The third-order valence-corrected chi connectivity index (χ3v) is 3.36. The number of hydrogen-bond acceptors (Lipinski definition) is 5. The van der Waals surface area contributed by atoms with Gasteiger partial charge < -0.3 is 9.47 Å². The fourth-order valence-corrected chi connectivity index (χ4v) is 2.13. The average molecular weight is 333 g/mol. The molecule has 0 aliphatic carbocycles. The van der Waals surface area contributed by atoms with Crippen LogP contribution in [0.1, 0.15) is 18.1 Å². The van der Waals surface area contributed by atoms with E-state index in [1.807, 2.05) is 30.3 Å². The van der Waals surface area contributed by atoms with E-state index < -0.39 is 11.9 Å². The van der Waals surface area contributed by atoms with Crippen LogP contribution in [-0.4, -0.2) is 17.8 Å². The van der Waals surface area contributed by atoms with Gasteiger partial charge in [-0.05, 0) is 42.8 Å². The highest BCUT2D eigenvalue weighted by Gasteiger charge is 2.23.